The van der Waals surface area contributed by atoms with E-state index in [1.54, 1.807) is 18.2 Å². The molecule has 0 radical (unpaired) electrons. The lowest BCUT2D eigenvalue weighted by Gasteiger charge is -2.20. The van der Waals surface area contributed by atoms with E-state index in [1.807, 2.05) is 31.2 Å². The molecule has 0 aromatic heterocycles. The molecule has 0 atom stereocenters. The van der Waals surface area contributed by atoms with Crippen LogP contribution < -0.4 is 14.2 Å². The van der Waals surface area contributed by atoms with Crippen LogP contribution in [0.5, 0.6) is 17.2 Å². The summed E-state index contributed by atoms with van der Waals surface area (Å²) in [6.07, 6.45) is 2.41. The number of hydrogen-bond donors (Lipinski definition) is 1. The quantitative estimate of drug-likeness (QED) is 0.313. The minimum atomic E-state index is -0.452. The van der Waals surface area contributed by atoms with E-state index in [9.17, 15) is 4.79 Å². The second-order valence-electron chi connectivity index (χ2n) is 9.19. The number of nitrogens with zero attached hydrogens (tertiary/aromatic N) is 3. The molecule has 0 saturated heterocycles. The second kappa shape index (κ2) is 11.6. The van der Waals surface area contributed by atoms with E-state index in [4.69, 9.17) is 19.6 Å². The summed E-state index contributed by atoms with van der Waals surface area (Å²) in [5.41, 5.74) is 3.28. The highest BCUT2D eigenvalue weighted by molar-refractivity contribution is 8.26. The molecule has 37 heavy (non-hydrogen) atoms. The maximum atomic E-state index is 12.7. The zero-order valence-corrected chi connectivity index (χ0v) is 22.6. The van der Waals surface area contributed by atoms with E-state index in [1.165, 1.54) is 27.9 Å². The number of amidine groups is 2. The average Bonchev–Trinajstić information content (AvgIpc) is 3.24. The number of hydrazone groups is 1. The molecule has 9 heteroatoms. The van der Waals surface area contributed by atoms with Crippen molar-refractivity contribution in [3.05, 3.63) is 58.7 Å². The predicted octanol–water partition coefficient (Wildman–Crippen LogP) is 5.83. The van der Waals surface area contributed by atoms with Crippen LogP contribution in [0.15, 0.2) is 52.1 Å². The van der Waals surface area contributed by atoms with Gasteiger partial charge in [0.2, 0.25) is 5.17 Å². The number of benzene rings is 2. The Labute approximate surface area is 221 Å². The number of carbonyl (C=O) groups is 1. The highest BCUT2D eigenvalue weighted by atomic mass is 32.2. The molecule has 0 saturated carbocycles. The number of rotatable bonds is 10. The van der Waals surface area contributed by atoms with E-state index in [0.29, 0.717) is 48.0 Å². The molecule has 0 unspecified atom stereocenters. The Kier molecular flexibility index (Phi) is 8.33. The molecule has 194 valence electrons. The Bertz CT molecular complexity index is 1300. The van der Waals surface area contributed by atoms with E-state index in [0.717, 1.165) is 17.2 Å². The Morgan fingerprint density at radius 3 is 2.54 bits per heavy atom. The van der Waals surface area contributed by atoms with Crippen LogP contribution in [0.2, 0.25) is 0 Å². The highest BCUT2D eigenvalue weighted by Gasteiger charge is 2.35. The summed E-state index contributed by atoms with van der Waals surface area (Å²) in [5, 5.41) is 15.8. The maximum absolute atomic E-state index is 12.7. The first-order chi connectivity index (χ1) is 17.7. The fraction of sp³-hybridized carbons (Fsp3) is 0.357. The first-order valence-corrected chi connectivity index (χ1v) is 13.2. The Balaban J connectivity index is 1.45. The van der Waals surface area contributed by atoms with Crippen LogP contribution in [0, 0.1) is 25.2 Å². The lowest BCUT2D eigenvalue weighted by atomic mass is 10.1. The summed E-state index contributed by atoms with van der Waals surface area (Å²) in [4.78, 5) is 16.9. The van der Waals surface area contributed by atoms with Gasteiger partial charge in [0.25, 0.3) is 5.91 Å². The van der Waals surface area contributed by atoms with Gasteiger partial charge in [0.1, 0.15) is 24.0 Å². The van der Waals surface area contributed by atoms with Crippen molar-refractivity contribution >= 4 is 39.8 Å². The SMILES string of the molecule is CCOc1cc(C=C2C(=N)N3N=C(CC(C)C)SC3=NC2=O)ccc1OCCOc1ccc(C)c(C)c1. The first kappa shape index (κ1) is 26.5. The Hall–Kier alpha value is -3.59. The number of ether oxygens (including phenoxy) is 3. The lowest BCUT2D eigenvalue weighted by Crippen LogP contribution is -2.35. The molecule has 4 rings (SSSR count). The van der Waals surface area contributed by atoms with Crippen LogP contribution in [0.3, 0.4) is 0 Å². The van der Waals surface area contributed by atoms with Crippen LogP contribution >= 0.6 is 11.8 Å². The Morgan fingerprint density at radius 1 is 1.03 bits per heavy atom. The van der Waals surface area contributed by atoms with E-state index >= 15 is 0 Å². The van der Waals surface area contributed by atoms with Gasteiger partial charge >= 0.3 is 0 Å². The van der Waals surface area contributed by atoms with Gasteiger partial charge in [-0.2, -0.15) is 15.1 Å². The molecule has 2 aliphatic heterocycles. The molecule has 1 N–H and O–H groups in total. The van der Waals surface area contributed by atoms with Gasteiger partial charge in [0, 0.05) is 6.42 Å². The average molecular weight is 521 g/mol. The fourth-order valence-corrected chi connectivity index (χ4v) is 4.84. The number of thioether (sulfide) groups is 1. The van der Waals surface area contributed by atoms with Crippen LogP contribution in [-0.2, 0) is 4.79 Å². The van der Waals surface area contributed by atoms with Gasteiger partial charge in [0.15, 0.2) is 17.3 Å². The molecule has 0 bridgehead atoms. The van der Waals surface area contributed by atoms with Crippen LogP contribution in [0.25, 0.3) is 6.08 Å². The largest absolute Gasteiger partial charge is 0.490 e. The lowest BCUT2D eigenvalue weighted by molar-refractivity contribution is -0.114. The number of aryl methyl sites for hydroxylation is 2. The molecular weight excluding hydrogens is 488 g/mol. The Morgan fingerprint density at radius 2 is 1.81 bits per heavy atom. The zero-order chi connectivity index (χ0) is 26.5. The molecule has 8 nitrogen and oxygen atoms in total. The summed E-state index contributed by atoms with van der Waals surface area (Å²) in [7, 11) is 0. The van der Waals surface area contributed by atoms with Crippen molar-refractivity contribution in [2.75, 3.05) is 19.8 Å². The number of hydrogen-bond acceptors (Lipinski definition) is 7. The van der Waals surface area contributed by atoms with Gasteiger partial charge in [-0.25, -0.2) is 0 Å². The number of nitrogens with one attached hydrogen (secondary N) is 1. The second-order valence-corrected chi connectivity index (χ2v) is 10.2. The normalized spacial score (nSPS) is 16.2. The summed E-state index contributed by atoms with van der Waals surface area (Å²) in [6, 6.07) is 11.4. The van der Waals surface area contributed by atoms with Crippen molar-refractivity contribution in [3.63, 3.8) is 0 Å². The number of amides is 1. The van der Waals surface area contributed by atoms with Crippen LogP contribution in [-0.4, -0.2) is 46.8 Å². The van der Waals surface area contributed by atoms with E-state index in [-0.39, 0.29) is 11.4 Å². The minimum absolute atomic E-state index is 0.0167. The van der Waals surface area contributed by atoms with Gasteiger partial charge in [-0.05, 0) is 85.5 Å². The van der Waals surface area contributed by atoms with Crippen LogP contribution in [0.4, 0.5) is 0 Å². The zero-order valence-electron chi connectivity index (χ0n) is 21.8. The van der Waals surface area contributed by atoms with Gasteiger partial charge in [-0.15, -0.1) is 0 Å². The predicted molar refractivity (Wildman–Crippen MR) is 149 cm³/mol. The smallest absolute Gasteiger partial charge is 0.283 e. The minimum Gasteiger partial charge on any atom is -0.490 e. The van der Waals surface area contributed by atoms with Crippen LogP contribution in [0.1, 0.15) is 43.9 Å². The molecule has 2 aromatic carbocycles. The molecule has 2 aromatic rings. The van der Waals surface area contributed by atoms with Gasteiger partial charge < -0.3 is 14.2 Å². The van der Waals surface area contributed by atoms with Gasteiger partial charge in [-0.1, -0.05) is 26.0 Å². The summed E-state index contributed by atoms with van der Waals surface area (Å²) < 4.78 is 17.5. The standard InChI is InChI=1S/C28H32N4O4S/c1-6-34-24-16-20(8-10-23(24)36-12-11-35-21-9-7-18(4)19(5)14-21)15-22-26(29)32-28(30-27(22)33)37-25(31-32)13-17(2)3/h7-10,14-17,29H,6,11-13H2,1-5H3. The number of aliphatic imine (C=N–C) groups is 1. The molecule has 0 spiro atoms. The molecular formula is C28H32N4O4S. The fourth-order valence-electron chi connectivity index (χ4n) is 3.75. The van der Waals surface area contributed by atoms with Crippen molar-refractivity contribution in [1.29, 1.82) is 5.41 Å². The first-order valence-electron chi connectivity index (χ1n) is 12.3. The van der Waals surface area contributed by atoms with Crippen molar-refractivity contribution in [2.45, 2.75) is 41.0 Å². The monoisotopic (exact) mass is 520 g/mol. The highest BCUT2D eigenvalue weighted by Crippen LogP contribution is 2.33. The third kappa shape index (κ3) is 6.40. The summed E-state index contributed by atoms with van der Waals surface area (Å²) >= 11 is 1.35. The molecule has 2 heterocycles. The number of fused-ring (bicyclic) bond motifs is 1. The summed E-state index contributed by atoms with van der Waals surface area (Å²) in [6.45, 7) is 11.4. The molecule has 1 amide bonds. The molecule has 0 fully saturated rings. The van der Waals surface area contributed by atoms with Crippen molar-refractivity contribution in [1.82, 2.24) is 5.01 Å². The third-order valence-corrected chi connectivity index (χ3v) is 6.68. The molecule has 2 aliphatic rings. The third-order valence-electron chi connectivity index (χ3n) is 5.75. The van der Waals surface area contributed by atoms with E-state index < -0.39 is 5.91 Å². The van der Waals surface area contributed by atoms with E-state index in [2.05, 4.69) is 37.8 Å². The number of carbonyl (C=O) groups excluding carboxylic acids is 1. The van der Waals surface area contributed by atoms with Crippen molar-refractivity contribution < 1.29 is 19.0 Å². The van der Waals surface area contributed by atoms with Gasteiger partial charge in [0.05, 0.1) is 12.2 Å². The van der Waals surface area contributed by atoms with Crippen molar-refractivity contribution in [2.24, 2.45) is 16.0 Å². The topological polar surface area (TPSA) is 96.6 Å². The van der Waals surface area contributed by atoms with Crippen molar-refractivity contribution in [3.8, 4) is 17.2 Å². The van der Waals surface area contributed by atoms with Gasteiger partial charge in [-0.3, -0.25) is 10.2 Å². The molecule has 0 aliphatic carbocycles. The maximum Gasteiger partial charge on any atom is 0.283 e. The summed E-state index contributed by atoms with van der Waals surface area (Å²) in [5.74, 6) is 1.92.